The summed E-state index contributed by atoms with van der Waals surface area (Å²) in [5, 5.41) is 11.2. The topological polar surface area (TPSA) is 64.4 Å². The van der Waals surface area contributed by atoms with Crippen molar-refractivity contribution in [1.29, 1.82) is 0 Å². The Balaban J connectivity index is 1.29. The summed E-state index contributed by atoms with van der Waals surface area (Å²) in [6.07, 6.45) is 7.31. The van der Waals surface area contributed by atoms with Crippen molar-refractivity contribution in [1.82, 2.24) is 9.55 Å². The molecular formula is C26H40N2O3. The molecule has 8 atom stereocenters. The summed E-state index contributed by atoms with van der Waals surface area (Å²) >= 11 is 0. The van der Waals surface area contributed by atoms with E-state index in [0.717, 1.165) is 44.9 Å². The van der Waals surface area contributed by atoms with Gasteiger partial charge in [-0.25, -0.2) is 4.98 Å². The molecule has 4 aliphatic rings. The van der Waals surface area contributed by atoms with E-state index in [1.54, 1.807) is 0 Å². The average molecular weight is 435 g/mol. The zero-order chi connectivity index (χ0) is 27.0. The van der Waals surface area contributed by atoms with E-state index in [1.807, 2.05) is 0 Å². The molecule has 4 fully saturated rings. The molecule has 4 saturated carbocycles. The molecule has 0 radical (unpaired) electrons. The second-order valence-electron chi connectivity index (χ2n) is 11.5. The Labute approximate surface area is 195 Å². The van der Waals surface area contributed by atoms with Crippen molar-refractivity contribution in [2.45, 2.75) is 83.8 Å². The van der Waals surface area contributed by atoms with E-state index in [9.17, 15) is 9.90 Å². The van der Waals surface area contributed by atoms with Gasteiger partial charge in [-0.05, 0) is 92.3 Å². The number of aliphatic hydroxyl groups is 1. The fraction of sp³-hybridized carbons (Fsp3) is 0.846. The second kappa shape index (κ2) is 7.69. The lowest BCUT2D eigenvalue weighted by Crippen LogP contribution is -2.56. The third-order valence-corrected chi connectivity index (χ3v) is 10.3. The highest BCUT2D eigenvalue weighted by Gasteiger charge is 2.62. The predicted octanol–water partition coefficient (Wildman–Crippen LogP) is 4.49. The summed E-state index contributed by atoms with van der Waals surface area (Å²) in [6, 6.07) is 0. The van der Waals surface area contributed by atoms with Crippen molar-refractivity contribution in [2.75, 3.05) is 13.6 Å². The summed E-state index contributed by atoms with van der Waals surface area (Å²) in [4.78, 5) is 17.2. The molecular weight excluding hydrogens is 388 g/mol. The lowest BCUT2D eigenvalue weighted by molar-refractivity contribution is -0.164. The normalized spacial score (nSPS) is 50.0. The fourth-order valence-electron chi connectivity index (χ4n) is 8.65. The number of carbonyl (C=O) groups is 1. The van der Waals surface area contributed by atoms with Crippen molar-refractivity contribution < 1.29 is 22.9 Å². The van der Waals surface area contributed by atoms with Crippen LogP contribution >= 0.6 is 0 Å². The Bertz CT molecular complexity index is 1060. The number of methoxy groups -OCH3 is 1. The zero-order valence-corrected chi connectivity index (χ0v) is 18.8. The van der Waals surface area contributed by atoms with Crippen LogP contribution in [0.4, 0.5) is 0 Å². The van der Waals surface area contributed by atoms with E-state index in [0.29, 0.717) is 36.5 Å². The van der Waals surface area contributed by atoms with Gasteiger partial charge in [-0.3, -0.25) is 4.79 Å². The van der Waals surface area contributed by atoms with Crippen LogP contribution in [0.25, 0.3) is 0 Å². The molecule has 0 amide bonds. The van der Waals surface area contributed by atoms with E-state index in [4.69, 9.17) is 13.0 Å². The molecule has 0 spiro atoms. The van der Waals surface area contributed by atoms with Crippen molar-refractivity contribution in [2.24, 2.45) is 40.4 Å². The van der Waals surface area contributed by atoms with Crippen LogP contribution in [-0.2, 0) is 16.1 Å². The molecule has 0 aliphatic heterocycles. The van der Waals surface area contributed by atoms with Crippen LogP contribution < -0.4 is 0 Å². The number of aromatic nitrogens is 2. The molecule has 5 rings (SSSR count). The maximum atomic E-state index is 13.5. The number of Topliss-reactive ketones (excluding diaryl/α,β-unsaturated/α-hetero) is 1. The van der Waals surface area contributed by atoms with Gasteiger partial charge < -0.3 is 14.4 Å². The average Bonchev–Trinajstić information content (AvgIpc) is 3.29. The lowest BCUT2D eigenvalue weighted by atomic mass is 9.44. The smallest absolute Gasteiger partial charge is 0.156 e. The first-order valence-corrected chi connectivity index (χ1v) is 12.1. The molecule has 172 valence electrons. The zero-order valence-electron chi connectivity index (χ0n) is 24.8. The fourth-order valence-corrected chi connectivity index (χ4v) is 8.65. The summed E-state index contributed by atoms with van der Waals surface area (Å²) in [7, 11) is -2.50. The Kier molecular flexibility index (Phi) is 3.87. The molecule has 1 N–H and O–H groups in total. The van der Waals surface area contributed by atoms with Gasteiger partial charge in [0.25, 0.3) is 0 Å². The van der Waals surface area contributed by atoms with Gasteiger partial charge in [0, 0.05) is 25.3 Å². The first-order valence-electron chi connectivity index (χ1n) is 15.1. The van der Waals surface area contributed by atoms with Crippen LogP contribution in [0.5, 0.6) is 0 Å². The van der Waals surface area contributed by atoms with Gasteiger partial charge in [0.15, 0.2) is 5.78 Å². The second-order valence-corrected chi connectivity index (χ2v) is 11.5. The van der Waals surface area contributed by atoms with Gasteiger partial charge in [0.05, 0.1) is 31.9 Å². The van der Waals surface area contributed by atoms with Crippen molar-refractivity contribution >= 4 is 5.78 Å². The Morgan fingerprint density at radius 2 is 2.03 bits per heavy atom. The minimum Gasteiger partial charge on any atom is -0.387 e. The summed E-state index contributed by atoms with van der Waals surface area (Å²) < 4.78 is 52.0. The summed E-state index contributed by atoms with van der Waals surface area (Å²) in [6.45, 7) is 4.45. The number of nitrogens with zero attached hydrogens (tertiary/aromatic N) is 2. The van der Waals surface area contributed by atoms with Gasteiger partial charge in [-0.1, -0.05) is 13.8 Å². The maximum Gasteiger partial charge on any atom is 0.156 e. The first-order chi connectivity index (χ1) is 17.2. The first kappa shape index (κ1) is 15.6. The van der Waals surface area contributed by atoms with Crippen LogP contribution in [0, 0.1) is 40.4 Å². The number of rotatable bonds is 5. The molecule has 0 unspecified atom stereocenters. The maximum absolute atomic E-state index is 13.5. The lowest BCUT2D eigenvalue weighted by Gasteiger charge is -2.62. The molecule has 4 aliphatic carbocycles. The van der Waals surface area contributed by atoms with Crippen molar-refractivity contribution in [3.8, 4) is 0 Å². The number of hydrogen-bond donors (Lipinski definition) is 1. The number of ketones is 1. The molecule has 0 bridgehead atoms. The van der Waals surface area contributed by atoms with Crippen LogP contribution in [0.1, 0.15) is 79.9 Å². The van der Waals surface area contributed by atoms with Crippen LogP contribution in [0.15, 0.2) is 18.6 Å². The molecule has 0 aromatic carbocycles. The van der Waals surface area contributed by atoms with E-state index >= 15 is 0 Å². The molecule has 5 nitrogen and oxygen atoms in total. The van der Waals surface area contributed by atoms with Crippen LogP contribution in [0.3, 0.4) is 0 Å². The Hall–Kier alpha value is -1.20. The molecule has 1 aromatic heterocycles. The molecule has 0 saturated heterocycles. The quantitative estimate of drug-likeness (QED) is 0.742. The van der Waals surface area contributed by atoms with Gasteiger partial charge in [-0.2, -0.15) is 0 Å². The van der Waals surface area contributed by atoms with Gasteiger partial charge in [-0.15, -0.1) is 0 Å². The molecule has 5 heteroatoms. The van der Waals surface area contributed by atoms with E-state index in [2.05, 4.69) is 18.8 Å². The highest BCUT2D eigenvalue weighted by atomic mass is 16.5. The summed E-state index contributed by atoms with van der Waals surface area (Å²) in [5.41, 5.74) is -1.08. The predicted molar refractivity (Wildman–Crippen MR) is 119 cm³/mol. The monoisotopic (exact) mass is 434 g/mol. The van der Waals surface area contributed by atoms with Gasteiger partial charge in [0.2, 0.25) is 0 Å². The Morgan fingerprint density at radius 3 is 2.81 bits per heavy atom. The third-order valence-electron chi connectivity index (χ3n) is 10.3. The standard InChI is InChI=1S/C26H40N2O3/c1-24-10-11-26(30,16-31-3)14-18(24)4-5-19-20-6-7-22(25(20,2)9-8-21(19)24)23(29)15-28-13-12-27-17-28/h12-13,17-22,30H,4-11,14-16H2,1-3H3/t18-,19-,20-,21-,22+,24-,25-,26+/m0/s1/i3D3,12D,13D,17D. The van der Waals surface area contributed by atoms with E-state index in [1.165, 1.54) is 4.57 Å². The number of hydrogen-bond acceptors (Lipinski definition) is 4. The highest BCUT2D eigenvalue weighted by Crippen LogP contribution is 2.68. The molecule has 1 heterocycles. The Morgan fingerprint density at radius 1 is 1.19 bits per heavy atom. The minimum atomic E-state index is -2.50. The van der Waals surface area contributed by atoms with E-state index < -0.39 is 12.6 Å². The van der Waals surface area contributed by atoms with E-state index in [-0.39, 0.29) is 54.3 Å². The molecule has 31 heavy (non-hydrogen) atoms. The third kappa shape index (κ3) is 3.42. The number of ether oxygens (including phenoxy) is 1. The number of carbonyl (C=O) groups excluding carboxylic acids is 1. The van der Waals surface area contributed by atoms with Crippen LogP contribution in [-0.4, -0.2) is 39.7 Å². The van der Waals surface area contributed by atoms with Gasteiger partial charge >= 0.3 is 0 Å². The van der Waals surface area contributed by atoms with Crippen molar-refractivity contribution in [3.05, 3.63) is 18.6 Å². The van der Waals surface area contributed by atoms with Gasteiger partial charge in [0.1, 0.15) is 1.37 Å². The minimum absolute atomic E-state index is 0.0543. The summed E-state index contributed by atoms with van der Waals surface area (Å²) in [5.74, 6) is 1.81. The highest BCUT2D eigenvalue weighted by molar-refractivity contribution is 5.82. The largest absolute Gasteiger partial charge is 0.387 e. The van der Waals surface area contributed by atoms with Crippen LogP contribution in [0.2, 0.25) is 0 Å². The number of imidazole rings is 1. The molecule has 1 aromatic rings. The van der Waals surface area contributed by atoms with Crippen molar-refractivity contribution in [3.63, 3.8) is 0 Å². The SMILES string of the molecule is [2H]c1nc([2H])n(CC(=O)[C@H]2CC[C@H]3[C@@H]4CC[C@H]5C[C@@](O)(COC([2H])([2H])[2H])CC[C@]5(C)[C@H]4CC[C@]23C)c1[2H]. The number of fused-ring (bicyclic) bond motifs is 5.